The van der Waals surface area contributed by atoms with Crippen molar-refractivity contribution in [1.29, 1.82) is 0 Å². The Morgan fingerprint density at radius 1 is 1.57 bits per heavy atom. The van der Waals surface area contributed by atoms with E-state index in [-0.39, 0.29) is 18.6 Å². The number of aliphatic hydroxyl groups excluding tert-OH is 1. The zero-order valence-corrected chi connectivity index (χ0v) is 13.1. The molecule has 1 amide bonds. The van der Waals surface area contributed by atoms with Crippen LogP contribution >= 0.6 is 11.6 Å². The second kappa shape index (κ2) is 7.11. The highest BCUT2D eigenvalue weighted by molar-refractivity contribution is 6.31. The fourth-order valence-corrected chi connectivity index (χ4v) is 2.37. The van der Waals surface area contributed by atoms with Gasteiger partial charge in [-0.1, -0.05) is 11.6 Å². The quantitative estimate of drug-likeness (QED) is 0.829. The first-order valence-electron chi connectivity index (χ1n) is 7.02. The van der Waals surface area contributed by atoms with E-state index in [1.807, 2.05) is 13.0 Å². The molecule has 1 fully saturated rings. The van der Waals surface area contributed by atoms with Gasteiger partial charge in [-0.2, -0.15) is 0 Å². The van der Waals surface area contributed by atoms with Gasteiger partial charge in [0, 0.05) is 25.2 Å². The standard InChI is InChI=1S/C15H21ClN2O3/c1-10-7-12(3-4-13(10)16)21-9-11(19)8-17-14-5-6-18(2)15(14)20/h3-4,7,11,14,17,19H,5-6,8-9H2,1-2H3. The molecule has 21 heavy (non-hydrogen) atoms. The van der Waals surface area contributed by atoms with Crippen molar-refractivity contribution in [3.8, 4) is 5.75 Å². The summed E-state index contributed by atoms with van der Waals surface area (Å²) >= 11 is 5.94. The Kier molecular flexibility index (Phi) is 5.45. The maximum atomic E-state index is 11.7. The van der Waals surface area contributed by atoms with Crippen LogP contribution in [0.5, 0.6) is 5.75 Å². The van der Waals surface area contributed by atoms with Gasteiger partial charge in [-0.15, -0.1) is 0 Å². The number of hydrogen-bond acceptors (Lipinski definition) is 4. The minimum Gasteiger partial charge on any atom is -0.491 e. The van der Waals surface area contributed by atoms with Gasteiger partial charge in [-0.05, 0) is 37.1 Å². The number of nitrogens with one attached hydrogen (secondary N) is 1. The molecule has 0 aromatic heterocycles. The number of likely N-dealkylation sites (N-methyl/N-ethyl adjacent to an activating group) is 1. The summed E-state index contributed by atoms with van der Waals surface area (Å²) in [4.78, 5) is 13.4. The third kappa shape index (κ3) is 4.33. The predicted molar refractivity (Wildman–Crippen MR) is 81.7 cm³/mol. The number of aryl methyl sites for hydroxylation is 1. The number of halogens is 1. The molecule has 2 rings (SSSR count). The Bertz CT molecular complexity index is 510. The van der Waals surface area contributed by atoms with Crippen molar-refractivity contribution in [2.75, 3.05) is 26.7 Å². The van der Waals surface area contributed by atoms with Gasteiger partial charge in [-0.25, -0.2) is 0 Å². The van der Waals surface area contributed by atoms with E-state index < -0.39 is 6.10 Å². The lowest BCUT2D eigenvalue weighted by Gasteiger charge is -2.16. The highest BCUT2D eigenvalue weighted by Gasteiger charge is 2.28. The monoisotopic (exact) mass is 312 g/mol. The topological polar surface area (TPSA) is 61.8 Å². The van der Waals surface area contributed by atoms with Gasteiger partial charge in [0.1, 0.15) is 18.5 Å². The number of ether oxygens (including phenoxy) is 1. The molecule has 2 N–H and O–H groups in total. The number of amides is 1. The molecule has 0 aliphatic carbocycles. The van der Waals surface area contributed by atoms with Crippen molar-refractivity contribution in [1.82, 2.24) is 10.2 Å². The minimum atomic E-state index is -0.667. The number of carbonyl (C=O) groups excluding carboxylic acids is 1. The lowest BCUT2D eigenvalue weighted by molar-refractivity contribution is -0.128. The van der Waals surface area contributed by atoms with Crippen molar-refractivity contribution in [3.63, 3.8) is 0 Å². The Labute approximate surface area is 129 Å². The molecular formula is C15H21ClN2O3. The van der Waals surface area contributed by atoms with E-state index in [2.05, 4.69) is 5.32 Å². The Balaban J connectivity index is 1.73. The summed E-state index contributed by atoms with van der Waals surface area (Å²) in [6.45, 7) is 3.16. The minimum absolute atomic E-state index is 0.0800. The molecule has 1 aromatic carbocycles. The van der Waals surface area contributed by atoms with Gasteiger partial charge in [-0.3, -0.25) is 4.79 Å². The van der Waals surface area contributed by atoms with Crippen molar-refractivity contribution in [2.45, 2.75) is 25.5 Å². The normalized spacial score (nSPS) is 19.9. The Morgan fingerprint density at radius 2 is 2.33 bits per heavy atom. The predicted octanol–water partition coefficient (Wildman–Crippen LogP) is 1.21. The second-order valence-electron chi connectivity index (χ2n) is 5.39. The van der Waals surface area contributed by atoms with Gasteiger partial charge < -0.3 is 20.1 Å². The maximum Gasteiger partial charge on any atom is 0.239 e. The number of likely N-dealkylation sites (tertiary alicyclic amines) is 1. The Hall–Kier alpha value is -1.30. The van der Waals surface area contributed by atoms with E-state index >= 15 is 0 Å². The van der Waals surface area contributed by atoms with E-state index in [0.29, 0.717) is 17.3 Å². The molecule has 1 heterocycles. The molecule has 116 valence electrons. The first-order chi connectivity index (χ1) is 9.97. The van der Waals surface area contributed by atoms with Crippen LogP contribution in [0, 0.1) is 6.92 Å². The number of hydrogen-bond donors (Lipinski definition) is 2. The summed E-state index contributed by atoms with van der Waals surface area (Å²) in [5, 5.41) is 13.7. The van der Waals surface area contributed by atoms with Crippen molar-refractivity contribution in [2.24, 2.45) is 0 Å². The molecule has 1 aromatic rings. The van der Waals surface area contributed by atoms with E-state index in [9.17, 15) is 9.90 Å². The fraction of sp³-hybridized carbons (Fsp3) is 0.533. The van der Waals surface area contributed by atoms with Gasteiger partial charge in [0.2, 0.25) is 5.91 Å². The van der Waals surface area contributed by atoms with Gasteiger partial charge in [0.25, 0.3) is 0 Å². The van der Waals surface area contributed by atoms with Crippen LogP contribution in [0.4, 0.5) is 0 Å². The molecule has 1 saturated heterocycles. The number of rotatable bonds is 6. The third-order valence-corrected chi connectivity index (χ3v) is 4.02. The van der Waals surface area contributed by atoms with Crippen LogP contribution in [0.3, 0.4) is 0 Å². The highest BCUT2D eigenvalue weighted by Crippen LogP contribution is 2.21. The van der Waals surface area contributed by atoms with Crippen LogP contribution in [0.1, 0.15) is 12.0 Å². The average Bonchev–Trinajstić information content (AvgIpc) is 2.78. The first kappa shape index (κ1) is 16.1. The average molecular weight is 313 g/mol. The molecule has 1 aliphatic rings. The summed E-state index contributed by atoms with van der Waals surface area (Å²) < 4.78 is 5.52. The van der Waals surface area contributed by atoms with E-state index in [1.165, 1.54) is 0 Å². The molecule has 0 saturated carbocycles. The summed E-state index contributed by atoms with van der Waals surface area (Å²) in [5.74, 6) is 0.754. The number of aliphatic hydroxyl groups is 1. The molecule has 6 heteroatoms. The molecule has 5 nitrogen and oxygen atoms in total. The molecule has 2 unspecified atom stereocenters. The zero-order valence-electron chi connectivity index (χ0n) is 12.3. The van der Waals surface area contributed by atoms with Crippen LogP contribution < -0.4 is 10.1 Å². The van der Waals surface area contributed by atoms with Crippen molar-refractivity contribution in [3.05, 3.63) is 28.8 Å². The number of carbonyl (C=O) groups is 1. The van der Waals surface area contributed by atoms with Crippen molar-refractivity contribution >= 4 is 17.5 Å². The summed E-state index contributed by atoms with van der Waals surface area (Å²) in [7, 11) is 1.78. The lowest BCUT2D eigenvalue weighted by Crippen LogP contribution is -2.42. The van der Waals surface area contributed by atoms with Crippen molar-refractivity contribution < 1.29 is 14.6 Å². The van der Waals surface area contributed by atoms with Crippen LogP contribution in [0.2, 0.25) is 5.02 Å². The van der Waals surface area contributed by atoms with Crippen LogP contribution in [0.15, 0.2) is 18.2 Å². The first-order valence-corrected chi connectivity index (χ1v) is 7.40. The number of nitrogens with zero attached hydrogens (tertiary/aromatic N) is 1. The highest BCUT2D eigenvalue weighted by atomic mass is 35.5. The summed E-state index contributed by atoms with van der Waals surface area (Å²) in [5.41, 5.74) is 0.932. The van der Waals surface area contributed by atoms with Gasteiger partial charge >= 0.3 is 0 Å². The van der Waals surface area contributed by atoms with E-state index in [4.69, 9.17) is 16.3 Å². The number of benzene rings is 1. The lowest BCUT2D eigenvalue weighted by atomic mass is 10.2. The molecule has 0 spiro atoms. The van der Waals surface area contributed by atoms with Crippen LogP contribution in [0.25, 0.3) is 0 Å². The molecule has 1 aliphatic heterocycles. The van der Waals surface area contributed by atoms with Crippen LogP contribution in [-0.4, -0.2) is 54.8 Å². The molecular weight excluding hydrogens is 292 g/mol. The zero-order chi connectivity index (χ0) is 15.4. The summed E-state index contributed by atoms with van der Waals surface area (Å²) in [6.07, 6.45) is 0.110. The molecule has 2 atom stereocenters. The van der Waals surface area contributed by atoms with Gasteiger partial charge in [0.05, 0.1) is 6.04 Å². The second-order valence-corrected chi connectivity index (χ2v) is 5.79. The largest absolute Gasteiger partial charge is 0.491 e. The third-order valence-electron chi connectivity index (χ3n) is 3.60. The maximum absolute atomic E-state index is 11.7. The SMILES string of the molecule is Cc1cc(OCC(O)CNC2CCN(C)C2=O)ccc1Cl. The van der Waals surface area contributed by atoms with Gasteiger partial charge in [0.15, 0.2) is 0 Å². The molecule has 0 bridgehead atoms. The Morgan fingerprint density at radius 3 is 2.95 bits per heavy atom. The smallest absolute Gasteiger partial charge is 0.239 e. The summed E-state index contributed by atoms with van der Waals surface area (Å²) in [6, 6.07) is 5.18. The van der Waals surface area contributed by atoms with E-state index in [0.717, 1.165) is 18.5 Å². The fourth-order valence-electron chi connectivity index (χ4n) is 2.25. The van der Waals surface area contributed by atoms with Crippen LogP contribution in [-0.2, 0) is 4.79 Å². The van der Waals surface area contributed by atoms with E-state index in [1.54, 1.807) is 24.1 Å². The molecule has 0 radical (unpaired) electrons.